The minimum atomic E-state index is -1.05. The zero-order valence-corrected chi connectivity index (χ0v) is 11.3. The van der Waals surface area contributed by atoms with Gasteiger partial charge in [0.05, 0.1) is 6.04 Å². The van der Waals surface area contributed by atoms with E-state index in [1.807, 2.05) is 6.92 Å². The van der Waals surface area contributed by atoms with E-state index in [1.165, 1.54) is 0 Å². The highest BCUT2D eigenvalue weighted by Gasteiger charge is 2.32. The number of carbonyl (C=O) groups excluding carboxylic acids is 1. The molecule has 1 amide bonds. The summed E-state index contributed by atoms with van der Waals surface area (Å²) in [4.78, 5) is 13.3. The van der Waals surface area contributed by atoms with Crippen molar-refractivity contribution in [1.29, 1.82) is 0 Å². The smallest absolute Gasteiger partial charge is 0.244 e. The number of amides is 1. The molecule has 2 rings (SSSR count). The van der Waals surface area contributed by atoms with Crippen LogP contribution >= 0.6 is 0 Å². The molecule has 1 N–H and O–H groups in total. The predicted octanol–water partition coefficient (Wildman–Crippen LogP) is 2.60. The summed E-state index contributed by atoms with van der Waals surface area (Å²) in [5.41, 5.74) is -0.459. The molecular formula is C14H17F3N2O. The SMILES string of the molecule is CCCNC1CCCN(c2c(F)cc(F)cc2F)C1=O. The molecule has 1 aromatic carbocycles. The van der Waals surface area contributed by atoms with Crippen LogP contribution in [-0.2, 0) is 4.79 Å². The largest absolute Gasteiger partial charge is 0.306 e. The van der Waals surface area contributed by atoms with Crippen molar-refractivity contribution in [2.24, 2.45) is 0 Å². The first-order valence-electron chi connectivity index (χ1n) is 6.74. The van der Waals surface area contributed by atoms with Crippen LogP contribution in [0.3, 0.4) is 0 Å². The van der Waals surface area contributed by atoms with Crippen LogP contribution in [-0.4, -0.2) is 25.0 Å². The van der Waals surface area contributed by atoms with Crippen LogP contribution < -0.4 is 10.2 Å². The van der Waals surface area contributed by atoms with E-state index in [1.54, 1.807) is 0 Å². The zero-order chi connectivity index (χ0) is 14.7. The van der Waals surface area contributed by atoms with Crippen molar-refractivity contribution in [3.8, 4) is 0 Å². The third-order valence-corrected chi connectivity index (χ3v) is 3.33. The van der Waals surface area contributed by atoms with E-state index < -0.39 is 29.2 Å². The first-order valence-corrected chi connectivity index (χ1v) is 6.74. The number of hydrogen-bond donors (Lipinski definition) is 1. The van der Waals surface area contributed by atoms with Crippen molar-refractivity contribution < 1.29 is 18.0 Å². The van der Waals surface area contributed by atoms with E-state index in [-0.39, 0.29) is 12.5 Å². The van der Waals surface area contributed by atoms with Gasteiger partial charge in [-0.05, 0) is 25.8 Å². The van der Waals surface area contributed by atoms with Gasteiger partial charge < -0.3 is 10.2 Å². The number of anilines is 1. The molecule has 1 saturated heterocycles. The van der Waals surface area contributed by atoms with Gasteiger partial charge in [-0.25, -0.2) is 13.2 Å². The second kappa shape index (κ2) is 6.26. The molecule has 1 unspecified atom stereocenters. The van der Waals surface area contributed by atoms with Gasteiger partial charge in [0, 0.05) is 18.7 Å². The molecular weight excluding hydrogens is 269 g/mol. The Bertz CT molecular complexity index is 484. The molecule has 0 aliphatic carbocycles. The molecule has 0 radical (unpaired) electrons. The summed E-state index contributed by atoms with van der Waals surface area (Å²) >= 11 is 0. The molecule has 0 aromatic heterocycles. The zero-order valence-electron chi connectivity index (χ0n) is 11.3. The Labute approximate surface area is 115 Å². The van der Waals surface area contributed by atoms with Crippen molar-refractivity contribution in [1.82, 2.24) is 5.32 Å². The number of halogens is 3. The summed E-state index contributed by atoms with van der Waals surface area (Å²) in [6, 6.07) is 0.747. The van der Waals surface area contributed by atoms with E-state index in [2.05, 4.69) is 5.32 Å². The van der Waals surface area contributed by atoms with Crippen molar-refractivity contribution in [2.45, 2.75) is 32.2 Å². The second-order valence-corrected chi connectivity index (χ2v) is 4.86. The van der Waals surface area contributed by atoms with Crippen LogP contribution in [0.5, 0.6) is 0 Å². The summed E-state index contributed by atoms with van der Waals surface area (Å²) in [5.74, 6) is -3.46. The molecule has 0 saturated carbocycles. The quantitative estimate of drug-likeness (QED) is 0.922. The first kappa shape index (κ1) is 14.8. The van der Waals surface area contributed by atoms with Gasteiger partial charge in [-0.3, -0.25) is 4.79 Å². The van der Waals surface area contributed by atoms with E-state index in [0.717, 1.165) is 11.3 Å². The van der Waals surface area contributed by atoms with Gasteiger partial charge in [-0.2, -0.15) is 0 Å². The van der Waals surface area contributed by atoms with Gasteiger partial charge in [0.15, 0.2) is 11.6 Å². The number of piperidine rings is 1. The Balaban J connectivity index is 2.26. The molecule has 0 bridgehead atoms. The minimum Gasteiger partial charge on any atom is -0.306 e. The lowest BCUT2D eigenvalue weighted by Gasteiger charge is -2.33. The Morgan fingerprint density at radius 2 is 1.95 bits per heavy atom. The lowest BCUT2D eigenvalue weighted by Crippen LogP contribution is -2.51. The Morgan fingerprint density at radius 1 is 1.30 bits per heavy atom. The molecule has 20 heavy (non-hydrogen) atoms. The van der Waals surface area contributed by atoms with E-state index >= 15 is 0 Å². The lowest BCUT2D eigenvalue weighted by atomic mass is 10.0. The third-order valence-electron chi connectivity index (χ3n) is 3.33. The van der Waals surface area contributed by atoms with Crippen molar-refractivity contribution in [3.63, 3.8) is 0 Å². The number of hydrogen-bond acceptors (Lipinski definition) is 2. The third kappa shape index (κ3) is 2.95. The maximum atomic E-state index is 13.8. The topological polar surface area (TPSA) is 32.3 Å². The van der Waals surface area contributed by atoms with Gasteiger partial charge in [0.25, 0.3) is 0 Å². The van der Waals surface area contributed by atoms with Crippen molar-refractivity contribution >= 4 is 11.6 Å². The average Bonchev–Trinajstić information content (AvgIpc) is 2.38. The molecule has 1 fully saturated rings. The molecule has 1 atom stereocenters. The first-order chi connectivity index (χ1) is 9.54. The monoisotopic (exact) mass is 286 g/mol. The fourth-order valence-corrected chi connectivity index (χ4v) is 2.40. The van der Waals surface area contributed by atoms with Crippen molar-refractivity contribution in [2.75, 3.05) is 18.0 Å². The summed E-state index contributed by atoms with van der Waals surface area (Å²) in [6.07, 6.45) is 2.15. The normalized spacial score (nSPS) is 19.5. The summed E-state index contributed by atoms with van der Waals surface area (Å²) < 4.78 is 40.4. The number of carbonyl (C=O) groups is 1. The van der Waals surface area contributed by atoms with E-state index in [0.29, 0.717) is 31.5 Å². The summed E-state index contributed by atoms with van der Waals surface area (Å²) in [7, 11) is 0. The second-order valence-electron chi connectivity index (χ2n) is 4.86. The number of nitrogens with zero attached hydrogens (tertiary/aromatic N) is 1. The average molecular weight is 286 g/mol. The van der Waals surface area contributed by atoms with Crippen molar-refractivity contribution in [3.05, 3.63) is 29.6 Å². The van der Waals surface area contributed by atoms with Crippen LogP contribution in [0.15, 0.2) is 12.1 Å². The number of benzene rings is 1. The Hall–Kier alpha value is -1.56. The molecule has 110 valence electrons. The number of nitrogens with one attached hydrogen (secondary N) is 1. The molecule has 6 heteroatoms. The van der Waals surface area contributed by atoms with E-state index in [4.69, 9.17) is 0 Å². The van der Waals surface area contributed by atoms with Crippen LogP contribution in [0.1, 0.15) is 26.2 Å². The van der Waals surface area contributed by atoms with Crippen LogP contribution in [0, 0.1) is 17.5 Å². The molecule has 3 nitrogen and oxygen atoms in total. The molecule has 1 heterocycles. The standard InChI is InChI=1S/C14H17F3N2O/c1-2-5-18-12-4-3-6-19(14(12)20)13-10(16)7-9(15)8-11(13)17/h7-8,12,18H,2-6H2,1H3. The highest BCUT2D eigenvalue weighted by molar-refractivity contribution is 5.98. The highest BCUT2D eigenvalue weighted by Crippen LogP contribution is 2.28. The van der Waals surface area contributed by atoms with Gasteiger partial charge in [0.2, 0.25) is 5.91 Å². The fourth-order valence-electron chi connectivity index (χ4n) is 2.40. The predicted molar refractivity (Wildman–Crippen MR) is 70.0 cm³/mol. The van der Waals surface area contributed by atoms with Gasteiger partial charge in [-0.1, -0.05) is 6.92 Å². The van der Waals surface area contributed by atoms with E-state index in [9.17, 15) is 18.0 Å². The maximum Gasteiger partial charge on any atom is 0.244 e. The van der Waals surface area contributed by atoms with Gasteiger partial charge in [-0.15, -0.1) is 0 Å². The Morgan fingerprint density at radius 3 is 2.55 bits per heavy atom. The summed E-state index contributed by atoms with van der Waals surface area (Å²) in [6.45, 7) is 2.87. The maximum absolute atomic E-state index is 13.8. The van der Waals surface area contributed by atoms with Crippen LogP contribution in [0.25, 0.3) is 0 Å². The minimum absolute atomic E-state index is 0.239. The van der Waals surface area contributed by atoms with Gasteiger partial charge in [0.1, 0.15) is 11.5 Å². The van der Waals surface area contributed by atoms with Crippen LogP contribution in [0.2, 0.25) is 0 Å². The van der Waals surface area contributed by atoms with Gasteiger partial charge >= 0.3 is 0 Å². The number of rotatable bonds is 4. The Kier molecular flexibility index (Phi) is 4.65. The molecule has 1 aliphatic heterocycles. The lowest BCUT2D eigenvalue weighted by molar-refractivity contribution is -0.121. The molecule has 1 aromatic rings. The molecule has 1 aliphatic rings. The molecule has 0 spiro atoms. The van der Waals surface area contributed by atoms with Crippen LogP contribution in [0.4, 0.5) is 18.9 Å². The fraction of sp³-hybridized carbons (Fsp3) is 0.500. The summed E-state index contributed by atoms with van der Waals surface area (Å²) in [5, 5.41) is 3.06. The highest BCUT2D eigenvalue weighted by atomic mass is 19.1.